The maximum Gasteiger partial charge on any atom is 0.243 e. The second-order valence-electron chi connectivity index (χ2n) is 9.10. The summed E-state index contributed by atoms with van der Waals surface area (Å²) in [6.45, 7) is 7.03. The van der Waals surface area contributed by atoms with Crippen LogP contribution in [0.2, 0.25) is 0 Å². The van der Waals surface area contributed by atoms with Gasteiger partial charge in [0.1, 0.15) is 12.4 Å². The number of amides is 2. The summed E-state index contributed by atoms with van der Waals surface area (Å²) in [5.74, 6) is -0.804. The van der Waals surface area contributed by atoms with E-state index in [1.54, 1.807) is 15.9 Å². The number of benzene rings is 2. The molecule has 0 saturated carbocycles. The van der Waals surface area contributed by atoms with Crippen LogP contribution in [0, 0.1) is 5.82 Å². The highest BCUT2D eigenvalue weighted by Gasteiger charge is 2.35. The molecule has 1 aliphatic heterocycles. The van der Waals surface area contributed by atoms with E-state index in [2.05, 4.69) is 4.57 Å². The van der Waals surface area contributed by atoms with Crippen LogP contribution in [0.1, 0.15) is 56.0 Å². The first-order chi connectivity index (χ1) is 16.4. The van der Waals surface area contributed by atoms with Gasteiger partial charge < -0.3 is 14.4 Å². The van der Waals surface area contributed by atoms with Gasteiger partial charge in [0.2, 0.25) is 11.8 Å². The Hall–Kier alpha value is -3.41. The maximum absolute atomic E-state index is 14.1. The van der Waals surface area contributed by atoms with Crippen LogP contribution in [-0.2, 0) is 16.1 Å². The molecule has 0 radical (unpaired) electrons. The first kappa shape index (κ1) is 23.7. The van der Waals surface area contributed by atoms with Gasteiger partial charge in [0.25, 0.3) is 0 Å². The Balaban J connectivity index is 1.61. The zero-order chi connectivity index (χ0) is 24.2. The summed E-state index contributed by atoms with van der Waals surface area (Å²) in [6.07, 6.45) is 2.64. The molecule has 0 aliphatic carbocycles. The monoisotopic (exact) mass is 461 g/mol. The van der Waals surface area contributed by atoms with E-state index < -0.39 is 6.04 Å². The second kappa shape index (κ2) is 10.2. The van der Waals surface area contributed by atoms with Crippen molar-refractivity contribution in [3.05, 3.63) is 95.6 Å². The number of hydrogen-bond acceptors (Lipinski definition) is 2. The molecule has 0 saturated heterocycles. The highest BCUT2D eigenvalue weighted by atomic mass is 19.1. The normalized spacial score (nSPS) is 16.3. The molecule has 34 heavy (non-hydrogen) atoms. The van der Waals surface area contributed by atoms with Crippen molar-refractivity contribution >= 4 is 11.8 Å². The SMILES string of the molecule is CCC(C(=O)N(CC(=O)N1CCn2cccc2C1c1cccc(F)c1)C(C)C)c1ccccc1. The van der Waals surface area contributed by atoms with Gasteiger partial charge in [-0.2, -0.15) is 0 Å². The fraction of sp³-hybridized carbons (Fsp3) is 0.357. The van der Waals surface area contributed by atoms with Gasteiger partial charge in [-0.15, -0.1) is 0 Å². The van der Waals surface area contributed by atoms with E-state index in [0.717, 1.165) is 16.8 Å². The molecule has 1 aliphatic rings. The van der Waals surface area contributed by atoms with Crippen LogP contribution in [0.25, 0.3) is 0 Å². The van der Waals surface area contributed by atoms with Crippen molar-refractivity contribution in [2.45, 2.75) is 51.7 Å². The lowest BCUT2D eigenvalue weighted by Gasteiger charge is -2.39. The minimum absolute atomic E-state index is 0.00758. The standard InChI is InChI=1S/C28H32FN3O2/c1-4-24(21-10-6-5-7-11-21)28(34)32(20(2)3)19-26(33)31-17-16-30-15-9-14-25(30)27(31)22-12-8-13-23(29)18-22/h5-15,18,20,24,27H,4,16-17,19H2,1-3H3. The average molecular weight is 462 g/mol. The Bertz CT molecular complexity index is 1140. The molecule has 0 bridgehead atoms. The van der Waals surface area contributed by atoms with Crippen molar-refractivity contribution in [2.24, 2.45) is 0 Å². The summed E-state index contributed by atoms with van der Waals surface area (Å²) in [6, 6.07) is 19.5. The third-order valence-corrected chi connectivity index (χ3v) is 6.64. The van der Waals surface area contributed by atoms with Crippen molar-refractivity contribution in [3.63, 3.8) is 0 Å². The molecule has 2 unspecified atom stereocenters. The Labute approximate surface area is 200 Å². The van der Waals surface area contributed by atoms with Crippen LogP contribution in [0.5, 0.6) is 0 Å². The van der Waals surface area contributed by atoms with E-state index in [1.807, 2.05) is 75.5 Å². The summed E-state index contributed by atoms with van der Waals surface area (Å²) >= 11 is 0. The predicted octanol–water partition coefficient (Wildman–Crippen LogP) is 4.99. The zero-order valence-electron chi connectivity index (χ0n) is 20.0. The van der Waals surface area contributed by atoms with Gasteiger partial charge >= 0.3 is 0 Å². The van der Waals surface area contributed by atoms with Gasteiger partial charge in [-0.1, -0.05) is 49.4 Å². The highest BCUT2D eigenvalue weighted by molar-refractivity contribution is 5.89. The number of carbonyl (C=O) groups is 2. The Morgan fingerprint density at radius 3 is 2.47 bits per heavy atom. The van der Waals surface area contributed by atoms with Crippen LogP contribution in [0.15, 0.2) is 72.9 Å². The van der Waals surface area contributed by atoms with Crippen molar-refractivity contribution in [3.8, 4) is 0 Å². The number of aromatic nitrogens is 1. The smallest absolute Gasteiger partial charge is 0.243 e. The van der Waals surface area contributed by atoms with Gasteiger partial charge in [0.05, 0.1) is 12.0 Å². The van der Waals surface area contributed by atoms with Gasteiger partial charge in [0.15, 0.2) is 0 Å². The van der Waals surface area contributed by atoms with E-state index in [0.29, 0.717) is 19.5 Å². The van der Waals surface area contributed by atoms with Crippen LogP contribution in [0.4, 0.5) is 4.39 Å². The van der Waals surface area contributed by atoms with E-state index in [9.17, 15) is 14.0 Å². The minimum atomic E-state index is -0.396. The van der Waals surface area contributed by atoms with Crippen LogP contribution < -0.4 is 0 Å². The number of hydrogen-bond donors (Lipinski definition) is 0. The molecule has 0 spiro atoms. The average Bonchev–Trinajstić information content (AvgIpc) is 3.31. The summed E-state index contributed by atoms with van der Waals surface area (Å²) in [5.41, 5.74) is 2.64. The molecule has 4 rings (SSSR count). The molecule has 2 amide bonds. The van der Waals surface area contributed by atoms with E-state index in [4.69, 9.17) is 0 Å². The summed E-state index contributed by atoms with van der Waals surface area (Å²) in [7, 11) is 0. The first-order valence-electron chi connectivity index (χ1n) is 12.0. The maximum atomic E-state index is 14.1. The lowest BCUT2D eigenvalue weighted by Crippen LogP contribution is -2.50. The highest BCUT2D eigenvalue weighted by Crippen LogP contribution is 2.33. The van der Waals surface area contributed by atoms with Gasteiger partial charge in [-0.3, -0.25) is 9.59 Å². The lowest BCUT2D eigenvalue weighted by atomic mass is 9.94. The molecule has 0 N–H and O–H groups in total. The summed E-state index contributed by atoms with van der Waals surface area (Å²) in [4.78, 5) is 30.8. The lowest BCUT2D eigenvalue weighted by molar-refractivity contribution is -0.144. The largest absolute Gasteiger partial charge is 0.348 e. The quantitative estimate of drug-likeness (QED) is 0.498. The van der Waals surface area contributed by atoms with Gasteiger partial charge in [-0.05, 0) is 55.7 Å². The van der Waals surface area contributed by atoms with Crippen molar-refractivity contribution < 1.29 is 14.0 Å². The molecular weight excluding hydrogens is 429 g/mol. The third-order valence-electron chi connectivity index (χ3n) is 6.64. The molecule has 6 heteroatoms. The zero-order valence-corrected chi connectivity index (χ0v) is 20.0. The Kier molecular flexibility index (Phi) is 7.15. The molecule has 0 fully saturated rings. The fourth-order valence-electron chi connectivity index (χ4n) is 4.87. The third kappa shape index (κ3) is 4.76. The molecule has 1 aromatic heterocycles. The number of halogens is 1. The summed E-state index contributed by atoms with van der Waals surface area (Å²) in [5, 5.41) is 0. The topological polar surface area (TPSA) is 45.6 Å². The molecular formula is C28H32FN3O2. The van der Waals surface area contributed by atoms with Crippen molar-refractivity contribution in [1.82, 2.24) is 14.4 Å². The molecule has 178 valence electrons. The van der Waals surface area contributed by atoms with Gasteiger partial charge in [0, 0.05) is 31.0 Å². The van der Waals surface area contributed by atoms with E-state index >= 15 is 0 Å². The molecule has 5 nitrogen and oxygen atoms in total. The van der Waals surface area contributed by atoms with Crippen molar-refractivity contribution in [2.75, 3.05) is 13.1 Å². The number of fused-ring (bicyclic) bond motifs is 1. The Morgan fingerprint density at radius 2 is 1.79 bits per heavy atom. The first-order valence-corrected chi connectivity index (χ1v) is 12.0. The van der Waals surface area contributed by atoms with E-state index in [1.165, 1.54) is 12.1 Å². The van der Waals surface area contributed by atoms with Crippen molar-refractivity contribution in [1.29, 1.82) is 0 Å². The molecule has 3 aromatic rings. The molecule has 2 heterocycles. The van der Waals surface area contributed by atoms with Crippen LogP contribution in [-0.4, -0.2) is 45.3 Å². The number of carbonyl (C=O) groups excluding carboxylic acids is 2. The van der Waals surface area contributed by atoms with E-state index in [-0.39, 0.29) is 36.1 Å². The van der Waals surface area contributed by atoms with Crippen LogP contribution >= 0.6 is 0 Å². The predicted molar refractivity (Wildman–Crippen MR) is 131 cm³/mol. The second-order valence-corrected chi connectivity index (χ2v) is 9.10. The van der Waals surface area contributed by atoms with Crippen LogP contribution in [0.3, 0.4) is 0 Å². The molecule has 2 aromatic carbocycles. The van der Waals surface area contributed by atoms with Gasteiger partial charge in [-0.25, -0.2) is 4.39 Å². The Morgan fingerprint density at radius 1 is 1.03 bits per heavy atom. The number of rotatable bonds is 7. The minimum Gasteiger partial charge on any atom is -0.348 e. The summed E-state index contributed by atoms with van der Waals surface area (Å²) < 4.78 is 16.2. The number of nitrogens with zero attached hydrogens (tertiary/aromatic N) is 3. The fourth-order valence-corrected chi connectivity index (χ4v) is 4.87. The molecule has 2 atom stereocenters.